The summed E-state index contributed by atoms with van der Waals surface area (Å²) in [4.78, 5) is 4.14. The molecule has 0 atom stereocenters. The van der Waals surface area contributed by atoms with Crippen LogP contribution in [0.4, 0.5) is 5.82 Å². The van der Waals surface area contributed by atoms with E-state index in [0.29, 0.717) is 18.2 Å². The molecule has 0 bridgehead atoms. The van der Waals surface area contributed by atoms with Crippen LogP contribution < -0.4 is 10.5 Å². The highest BCUT2D eigenvalue weighted by atomic mass is 16.5. The van der Waals surface area contributed by atoms with Gasteiger partial charge in [0.15, 0.2) is 11.6 Å². The zero-order valence-corrected chi connectivity index (χ0v) is 10.1. The molecule has 0 fully saturated rings. The average Bonchev–Trinajstić information content (AvgIpc) is 2.68. The maximum Gasteiger partial charge on any atom is 0.166 e. The predicted molar refractivity (Wildman–Crippen MR) is 65.8 cm³/mol. The number of aryl methyl sites for hydroxylation is 2. The number of rotatable bonds is 4. The summed E-state index contributed by atoms with van der Waals surface area (Å²) in [5, 5.41) is 4.10. The first kappa shape index (κ1) is 11.4. The molecule has 2 rings (SSSR count). The van der Waals surface area contributed by atoms with Gasteiger partial charge < -0.3 is 10.5 Å². The van der Waals surface area contributed by atoms with Crippen LogP contribution in [0.5, 0.6) is 5.75 Å². The molecular weight excluding hydrogens is 216 g/mol. The molecule has 5 heteroatoms. The molecule has 0 aliphatic carbocycles. The summed E-state index contributed by atoms with van der Waals surface area (Å²) in [7, 11) is 1.91. The molecule has 0 saturated carbocycles. The number of nitrogens with two attached hydrogens (primary N) is 1. The Hall–Kier alpha value is -2.04. The van der Waals surface area contributed by atoms with Crippen LogP contribution in [-0.2, 0) is 13.5 Å². The van der Waals surface area contributed by atoms with Gasteiger partial charge in [-0.25, -0.2) is 4.98 Å². The Bertz CT molecular complexity index is 507. The number of pyridine rings is 1. The first-order valence-electron chi connectivity index (χ1n) is 5.49. The van der Waals surface area contributed by atoms with E-state index in [0.717, 1.165) is 17.8 Å². The van der Waals surface area contributed by atoms with Crippen molar-refractivity contribution in [3.63, 3.8) is 0 Å². The molecule has 0 aliphatic heterocycles. The molecule has 0 amide bonds. The zero-order chi connectivity index (χ0) is 12.3. The van der Waals surface area contributed by atoms with Crippen LogP contribution in [0.3, 0.4) is 0 Å². The average molecular weight is 232 g/mol. The van der Waals surface area contributed by atoms with Crippen LogP contribution in [-0.4, -0.2) is 21.4 Å². The first-order chi connectivity index (χ1) is 8.16. The van der Waals surface area contributed by atoms with E-state index in [9.17, 15) is 0 Å². The lowest BCUT2D eigenvalue weighted by atomic mass is 10.3. The molecule has 2 N–H and O–H groups in total. The lowest BCUT2D eigenvalue weighted by molar-refractivity contribution is 0.319. The van der Waals surface area contributed by atoms with Crippen molar-refractivity contribution in [2.24, 2.45) is 7.05 Å². The molecule has 0 unspecified atom stereocenters. The van der Waals surface area contributed by atoms with Gasteiger partial charge in [0.25, 0.3) is 0 Å². The van der Waals surface area contributed by atoms with Crippen molar-refractivity contribution >= 4 is 5.82 Å². The summed E-state index contributed by atoms with van der Waals surface area (Å²) in [6.45, 7) is 2.46. The quantitative estimate of drug-likeness (QED) is 0.863. The van der Waals surface area contributed by atoms with Gasteiger partial charge in [0.1, 0.15) is 0 Å². The number of anilines is 1. The summed E-state index contributed by atoms with van der Waals surface area (Å²) in [5.41, 5.74) is 7.78. The monoisotopic (exact) mass is 232 g/mol. The van der Waals surface area contributed by atoms with E-state index >= 15 is 0 Å². The number of ether oxygens (including phenoxy) is 1. The number of hydrogen-bond donors (Lipinski definition) is 1. The highest BCUT2D eigenvalue weighted by Crippen LogP contribution is 2.18. The van der Waals surface area contributed by atoms with Gasteiger partial charge in [-0.05, 0) is 25.1 Å². The Balaban J connectivity index is 1.92. The fourth-order valence-corrected chi connectivity index (χ4v) is 1.60. The molecule has 0 spiro atoms. The molecule has 17 heavy (non-hydrogen) atoms. The number of nitrogen functional groups attached to an aromatic ring is 1. The van der Waals surface area contributed by atoms with Gasteiger partial charge in [-0.3, -0.25) is 4.68 Å². The van der Waals surface area contributed by atoms with E-state index in [-0.39, 0.29) is 0 Å². The van der Waals surface area contributed by atoms with Crippen LogP contribution >= 0.6 is 0 Å². The van der Waals surface area contributed by atoms with Crippen molar-refractivity contribution in [1.29, 1.82) is 0 Å². The molecule has 2 aromatic rings. The van der Waals surface area contributed by atoms with Crippen molar-refractivity contribution in [2.75, 3.05) is 12.3 Å². The van der Waals surface area contributed by atoms with E-state index in [1.165, 1.54) is 0 Å². The van der Waals surface area contributed by atoms with Crippen molar-refractivity contribution in [3.05, 3.63) is 35.8 Å². The maximum atomic E-state index is 5.76. The molecule has 5 nitrogen and oxygen atoms in total. The zero-order valence-electron chi connectivity index (χ0n) is 10.1. The van der Waals surface area contributed by atoms with Gasteiger partial charge in [0.05, 0.1) is 6.61 Å². The predicted octanol–water partition coefficient (Wildman–Crippen LogP) is 1.33. The van der Waals surface area contributed by atoms with Gasteiger partial charge in [0, 0.05) is 31.1 Å². The second kappa shape index (κ2) is 4.86. The summed E-state index contributed by atoms with van der Waals surface area (Å²) in [6.07, 6.45) is 2.57. The van der Waals surface area contributed by atoms with E-state index in [2.05, 4.69) is 10.1 Å². The van der Waals surface area contributed by atoms with Gasteiger partial charge in [0.2, 0.25) is 0 Å². The third-order valence-corrected chi connectivity index (χ3v) is 2.56. The summed E-state index contributed by atoms with van der Waals surface area (Å²) >= 11 is 0. The Labute approximate surface area is 100 Å². The van der Waals surface area contributed by atoms with E-state index in [4.69, 9.17) is 10.5 Å². The highest BCUT2D eigenvalue weighted by molar-refractivity contribution is 5.46. The molecular formula is C12H16N4O. The molecule has 2 heterocycles. The molecule has 0 saturated heterocycles. The van der Waals surface area contributed by atoms with Crippen LogP contribution in [0.2, 0.25) is 0 Å². The standard InChI is InChI=1S/C12H16N4O/c1-9-3-4-11(12(13)15-9)17-8-6-10-5-7-14-16(10)2/h3-5,7H,6,8H2,1-2H3,(H2,13,15). The number of nitrogens with zero attached hydrogens (tertiary/aromatic N) is 3. The Kier molecular flexibility index (Phi) is 3.27. The van der Waals surface area contributed by atoms with Gasteiger partial charge in [-0.2, -0.15) is 5.10 Å². The first-order valence-corrected chi connectivity index (χ1v) is 5.49. The Morgan fingerprint density at radius 3 is 2.82 bits per heavy atom. The normalized spacial score (nSPS) is 10.5. The Morgan fingerprint density at radius 2 is 2.18 bits per heavy atom. The molecule has 90 valence electrons. The fraction of sp³-hybridized carbons (Fsp3) is 0.333. The van der Waals surface area contributed by atoms with E-state index in [1.807, 2.05) is 36.9 Å². The lowest BCUT2D eigenvalue weighted by Crippen LogP contribution is -2.07. The van der Waals surface area contributed by atoms with E-state index in [1.54, 1.807) is 6.20 Å². The van der Waals surface area contributed by atoms with Gasteiger partial charge >= 0.3 is 0 Å². The molecule has 0 radical (unpaired) electrons. The van der Waals surface area contributed by atoms with Gasteiger partial charge in [-0.1, -0.05) is 0 Å². The van der Waals surface area contributed by atoms with E-state index < -0.39 is 0 Å². The maximum absolute atomic E-state index is 5.76. The second-order valence-corrected chi connectivity index (χ2v) is 3.88. The third-order valence-electron chi connectivity index (χ3n) is 2.56. The molecule has 0 aliphatic rings. The minimum atomic E-state index is 0.440. The molecule has 0 aromatic carbocycles. The van der Waals surface area contributed by atoms with Crippen LogP contribution in [0, 0.1) is 6.92 Å². The SMILES string of the molecule is Cc1ccc(OCCc2ccnn2C)c(N)n1. The smallest absolute Gasteiger partial charge is 0.166 e. The van der Waals surface area contributed by atoms with Crippen LogP contribution in [0.25, 0.3) is 0 Å². The van der Waals surface area contributed by atoms with Crippen molar-refractivity contribution in [3.8, 4) is 5.75 Å². The number of hydrogen-bond acceptors (Lipinski definition) is 4. The summed E-state index contributed by atoms with van der Waals surface area (Å²) in [6, 6.07) is 5.71. The van der Waals surface area contributed by atoms with Crippen LogP contribution in [0.1, 0.15) is 11.4 Å². The third kappa shape index (κ3) is 2.75. The summed E-state index contributed by atoms with van der Waals surface area (Å²) < 4.78 is 7.42. The highest BCUT2D eigenvalue weighted by Gasteiger charge is 2.03. The molecule has 2 aromatic heterocycles. The lowest BCUT2D eigenvalue weighted by Gasteiger charge is -2.08. The topological polar surface area (TPSA) is 66.0 Å². The largest absolute Gasteiger partial charge is 0.489 e. The Morgan fingerprint density at radius 1 is 1.35 bits per heavy atom. The minimum absolute atomic E-state index is 0.440. The van der Waals surface area contributed by atoms with Gasteiger partial charge in [-0.15, -0.1) is 0 Å². The minimum Gasteiger partial charge on any atom is -0.489 e. The van der Waals surface area contributed by atoms with Crippen molar-refractivity contribution in [1.82, 2.24) is 14.8 Å². The fourth-order valence-electron chi connectivity index (χ4n) is 1.60. The second-order valence-electron chi connectivity index (χ2n) is 3.88. The van der Waals surface area contributed by atoms with Crippen molar-refractivity contribution in [2.45, 2.75) is 13.3 Å². The summed E-state index contributed by atoms with van der Waals surface area (Å²) in [5.74, 6) is 1.08. The van der Waals surface area contributed by atoms with Crippen molar-refractivity contribution < 1.29 is 4.74 Å². The van der Waals surface area contributed by atoms with Crippen LogP contribution in [0.15, 0.2) is 24.4 Å². The number of aromatic nitrogens is 3.